The first-order valence-electron chi connectivity index (χ1n) is 9.67. The smallest absolute Gasteiger partial charge is 0.261 e. The predicted molar refractivity (Wildman–Crippen MR) is 111 cm³/mol. The fourth-order valence-electron chi connectivity index (χ4n) is 3.24. The Morgan fingerprint density at radius 1 is 1.17 bits per heavy atom. The number of methoxy groups -OCH3 is 1. The van der Waals surface area contributed by atoms with Gasteiger partial charge in [-0.3, -0.25) is 19.2 Å². The first-order chi connectivity index (χ1) is 14.1. The lowest BCUT2D eigenvalue weighted by Crippen LogP contribution is -2.50. The number of benzene rings is 1. The van der Waals surface area contributed by atoms with E-state index in [4.69, 9.17) is 4.74 Å². The lowest BCUT2D eigenvalue weighted by Gasteiger charge is -2.34. The molecular formula is C21H27N5O3. The highest BCUT2D eigenvalue weighted by Crippen LogP contribution is 2.18. The summed E-state index contributed by atoms with van der Waals surface area (Å²) in [5.41, 5.74) is 1.48. The van der Waals surface area contributed by atoms with Crippen LogP contribution in [0.15, 0.2) is 42.6 Å². The minimum absolute atomic E-state index is 0.0612. The Morgan fingerprint density at radius 3 is 2.59 bits per heavy atom. The van der Waals surface area contributed by atoms with E-state index in [1.807, 2.05) is 35.2 Å². The number of piperazine rings is 1. The standard InChI is InChI=1S/C21H27N5O3/c1-24-16-18(20(23-24)29-2)21(28)26-14-12-25(13-15-26)11-10-22-19(27)9-8-17-6-4-3-5-7-17/h3-9,16H,10-15H2,1-2H3,(H,22,27)/b9-8+. The second-order valence-corrected chi connectivity index (χ2v) is 6.89. The van der Waals surface area contributed by atoms with E-state index in [9.17, 15) is 9.59 Å². The van der Waals surface area contributed by atoms with Gasteiger partial charge < -0.3 is 15.0 Å². The summed E-state index contributed by atoms with van der Waals surface area (Å²) in [7, 11) is 3.28. The van der Waals surface area contributed by atoms with Crippen molar-refractivity contribution >= 4 is 17.9 Å². The molecule has 1 saturated heterocycles. The van der Waals surface area contributed by atoms with Crippen LogP contribution in [0.2, 0.25) is 0 Å². The van der Waals surface area contributed by atoms with Gasteiger partial charge in [-0.25, -0.2) is 0 Å². The highest BCUT2D eigenvalue weighted by molar-refractivity contribution is 5.96. The zero-order valence-corrected chi connectivity index (χ0v) is 16.9. The van der Waals surface area contributed by atoms with Crippen molar-refractivity contribution in [2.75, 3.05) is 46.4 Å². The van der Waals surface area contributed by atoms with Gasteiger partial charge in [0.05, 0.1) is 7.11 Å². The Hall–Kier alpha value is -3.13. The van der Waals surface area contributed by atoms with Crippen molar-refractivity contribution < 1.29 is 14.3 Å². The zero-order chi connectivity index (χ0) is 20.6. The molecule has 0 unspecified atom stereocenters. The molecule has 0 saturated carbocycles. The molecule has 8 heteroatoms. The van der Waals surface area contributed by atoms with Crippen molar-refractivity contribution in [3.05, 3.63) is 53.7 Å². The van der Waals surface area contributed by atoms with Gasteiger partial charge in [-0.05, 0) is 11.6 Å². The van der Waals surface area contributed by atoms with E-state index in [0.717, 1.165) is 25.2 Å². The summed E-state index contributed by atoms with van der Waals surface area (Å²) in [5, 5.41) is 7.04. The molecule has 29 heavy (non-hydrogen) atoms. The van der Waals surface area contributed by atoms with Crippen LogP contribution in [0.1, 0.15) is 15.9 Å². The Morgan fingerprint density at radius 2 is 1.90 bits per heavy atom. The molecule has 1 fully saturated rings. The number of hydrogen-bond acceptors (Lipinski definition) is 5. The second kappa shape index (κ2) is 9.88. The number of carbonyl (C=O) groups is 2. The number of aromatic nitrogens is 2. The Kier molecular flexibility index (Phi) is 7.02. The Balaban J connectivity index is 1.39. The van der Waals surface area contributed by atoms with Gasteiger partial charge in [0.2, 0.25) is 11.8 Å². The molecule has 0 atom stereocenters. The molecule has 1 aromatic heterocycles. The van der Waals surface area contributed by atoms with E-state index >= 15 is 0 Å². The maximum atomic E-state index is 12.7. The molecule has 2 aromatic rings. The fraction of sp³-hybridized carbons (Fsp3) is 0.381. The van der Waals surface area contributed by atoms with Gasteiger partial charge in [-0.2, -0.15) is 0 Å². The van der Waals surface area contributed by atoms with Crippen LogP contribution in [0, 0.1) is 0 Å². The monoisotopic (exact) mass is 397 g/mol. The number of carbonyl (C=O) groups excluding carboxylic acids is 2. The maximum Gasteiger partial charge on any atom is 0.261 e. The van der Waals surface area contributed by atoms with Crippen LogP contribution in [-0.4, -0.2) is 77.8 Å². The van der Waals surface area contributed by atoms with Crippen molar-refractivity contribution in [2.45, 2.75) is 0 Å². The van der Waals surface area contributed by atoms with E-state index in [1.54, 1.807) is 30.1 Å². The first kappa shape index (κ1) is 20.6. The second-order valence-electron chi connectivity index (χ2n) is 6.89. The van der Waals surface area contributed by atoms with Crippen LogP contribution >= 0.6 is 0 Å². The molecule has 154 valence electrons. The third-order valence-corrected chi connectivity index (χ3v) is 4.83. The van der Waals surface area contributed by atoms with Crippen molar-refractivity contribution in [3.8, 4) is 5.88 Å². The molecule has 1 aromatic carbocycles. The summed E-state index contributed by atoms with van der Waals surface area (Å²) < 4.78 is 6.77. The van der Waals surface area contributed by atoms with E-state index < -0.39 is 0 Å². The molecule has 3 rings (SSSR count). The minimum atomic E-state index is -0.105. The lowest BCUT2D eigenvalue weighted by molar-refractivity contribution is -0.116. The molecule has 1 N–H and O–H groups in total. The SMILES string of the molecule is COc1nn(C)cc1C(=O)N1CCN(CCNC(=O)/C=C/c2ccccc2)CC1. The number of nitrogens with one attached hydrogen (secondary N) is 1. The van der Waals surface area contributed by atoms with Gasteiger partial charge in [-0.1, -0.05) is 30.3 Å². The van der Waals surface area contributed by atoms with Crippen LogP contribution in [0.25, 0.3) is 6.08 Å². The van der Waals surface area contributed by atoms with Crippen LogP contribution in [-0.2, 0) is 11.8 Å². The van der Waals surface area contributed by atoms with Crippen molar-refractivity contribution in [1.82, 2.24) is 24.9 Å². The summed E-state index contributed by atoms with van der Waals surface area (Å²) in [6.07, 6.45) is 5.03. The highest BCUT2D eigenvalue weighted by atomic mass is 16.5. The molecule has 8 nitrogen and oxygen atoms in total. The fourth-order valence-corrected chi connectivity index (χ4v) is 3.24. The number of rotatable bonds is 7. The summed E-state index contributed by atoms with van der Waals surface area (Å²) in [5.74, 6) is 0.187. The summed E-state index contributed by atoms with van der Waals surface area (Å²) in [6.45, 7) is 4.14. The zero-order valence-electron chi connectivity index (χ0n) is 16.9. The first-order valence-corrected chi connectivity index (χ1v) is 9.67. The van der Waals surface area contributed by atoms with E-state index in [-0.39, 0.29) is 11.8 Å². The average Bonchev–Trinajstić information content (AvgIpc) is 3.14. The molecule has 1 aliphatic heterocycles. The summed E-state index contributed by atoms with van der Waals surface area (Å²) >= 11 is 0. The normalized spacial score (nSPS) is 14.9. The van der Waals surface area contributed by atoms with Gasteiger partial charge in [0, 0.05) is 58.6 Å². The van der Waals surface area contributed by atoms with Crippen LogP contribution in [0.3, 0.4) is 0 Å². The lowest BCUT2D eigenvalue weighted by atomic mass is 10.2. The average molecular weight is 397 g/mol. The number of hydrogen-bond donors (Lipinski definition) is 1. The van der Waals surface area contributed by atoms with Crippen LogP contribution in [0.5, 0.6) is 5.88 Å². The summed E-state index contributed by atoms with van der Waals surface area (Å²) in [4.78, 5) is 28.7. The van der Waals surface area contributed by atoms with Gasteiger partial charge in [0.25, 0.3) is 5.91 Å². The van der Waals surface area contributed by atoms with Gasteiger partial charge in [0.15, 0.2) is 0 Å². The number of ether oxygens (including phenoxy) is 1. The van der Waals surface area contributed by atoms with E-state index in [2.05, 4.69) is 15.3 Å². The van der Waals surface area contributed by atoms with Crippen LogP contribution < -0.4 is 10.1 Å². The predicted octanol–water partition coefficient (Wildman–Crippen LogP) is 1.02. The Labute approximate surface area is 170 Å². The molecule has 0 aliphatic carbocycles. The number of amides is 2. The molecule has 2 amide bonds. The molecule has 0 bridgehead atoms. The Bertz CT molecular complexity index is 854. The molecule has 2 heterocycles. The van der Waals surface area contributed by atoms with Gasteiger partial charge in [-0.15, -0.1) is 5.10 Å². The van der Waals surface area contributed by atoms with Crippen molar-refractivity contribution in [1.29, 1.82) is 0 Å². The quantitative estimate of drug-likeness (QED) is 0.706. The summed E-state index contributed by atoms with van der Waals surface area (Å²) in [6, 6.07) is 9.72. The van der Waals surface area contributed by atoms with E-state index in [1.165, 1.54) is 7.11 Å². The molecule has 1 aliphatic rings. The highest BCUT2D eigenvalue weighted by Gasteiger charge is 2.25. The molecule has 0 radical (unpaired) electrons. The number of nitrogens with zero attached hydrogens (tertiary/aromatic N) is 4. The third-order valence-electron chi connectivity index (χ3n) is 4.83. The largest absolute Gasteiger partial charge is 0.479 e. The molecule has 0 spiro atoms. The third kappa shape index (κ3) is 5.68. The number of aryl methyl sites for hydroxylation is 1. The van der Waals surface area contributed by atoms with Gasteiger partial charge >= 0.3 is 0 Å². The minimum Gasteiger partial charge on any atom is -0.479 e. The van der Waals surface area contributed by atoms with Crippen LogP contribution in [0.4, 0.5) is 0 Å². The maximum absolute atomic E-state index is 12.7. The van der Waals surface area contributed by atoms with Crippen molar-refractivity contribution in [2.24, 2.45) is 7.05 Å². The van der Waals surface area contributed by atoms with Gasteiger partial charge in [0.1, 0.15) is 5.56 Å². The topological polar surface area (TPSA) is 79.7 Å². The molecular weight excluding hydrogens is 370 g/mol. The van der Waals surface area contributed by atoms with E-state index in [0.29, 0.717) is 31.1 Å². The van der Waals surface area contributed by atoms with Crippen molar-refractivity contribution in [3.63, 3.8) is 0 Å².